The van der Waals surface area contributed by atoms with E-state index in [9.17, 15) is 0 Å². The van der Waals surface area contributed by atoms with Gasteiger partial charge in [-0.15, -0.1) is 0 Å². The SMILES string of the molecule is CCNNCCO. The van der Waals surface area contributed by atoms with E-state index in [1.54, 1.807) is 0 Å². The van der Waals surface area contributed by atoms with Crippen molar-refractivity contribution in [3.8, 4) is 0 Å². The molecule has 0 atom stereocenters. The van der Waals surface area contributed by atoms with Crippen molar-refractivity contribution in [1.29, 1.82) is 0 Å². The second-order valence-corrected chi connectivity index (χ2v) is 1.18. The first-order valence-corrected chi connectivity index (χ1v) is 2.48. The van der Waals surface area contributed by atoms with Crippen LogP contribution < -0.4 is 10.9 Å². The molecule has 0 saturated heterocycles. The van der Waals surface area contributed by atoms with E-state index < -0.39 is 0 Å². The highest BCUT2D eigenvalue weighted by molar-refractivity contribution is 4.32. The summed E-state index contributed by atoms with van der Waals surface area (Å²) in [7, 11) is 0. The van der Waals surface area contributed by atoms with Gasteiger partial charge < -0.3 is 5.11 Å². The molecule has 44 valence electrons. The largest absolute Gasteiger partial charge is 0.395 e. The van der Waals surface area contributed by atoms with Crippen LogP contribution in [0.15, 0.2) is 0 Å². The van der Waals surface area contributed by atoms with Gasteiger partial charge in [0.1, 0.15) is 0 Å². The molecule has 0 bridgehead atoms. The van der Waals surface area contributed by atoms with Crippen LogP contribution in [0, 0.1) is 0 Å². The van der Waals surface area contributed by atoms with E-state index in [0.717, 1.165) is 6.54 Å². The number of hydrazine groups is 1. The van der Waals surface area contributed by atoms with Crippen LogP contribution in [0.1, 0.15) is 6.92 Å². The topological polar surface area (TPSA) is 44.3 Å². The molecule has 3 nitrogen and oxygen atoms in total. The van der Waals surface area contributed by atoms with Crippen molar-refractivity contribution in [1.82, 2.24) is 10.9 Å². The standard InChI is InChI=1S/C4H12N2O/c1-2-5-6-3-4-7/h5-7H,2-4H2,1H3. The summed E-state index contributed by atoms with van der Waals surface area (Å²) >= 11 is 0. The van der Waals surface area contributed by atoms with E-state index in [4.69, 9.17) is 5.11 Å². The van der Waals surface area contributed by atoms with E-state index in [-0.39, 0.29) is 6.61 Å². The van der Waals surface area contributed by atoms with Gasteiger partial charge in [-0.2, -0.15) is 0 Å². The average Bonchev–Trinajstić information content (AvgIpc) is 1.69. The summed E-state index contributed by atoms with van der Waals surface area (Å²) in [5, 5.41) is 8.19. The van der Waals surface area contributed by atoms with Crippen molar-refractivity contribution in [3.63, 3.8) is 0 Å². The number of aliphatic hydroxyl groups excluding tert-OH is 1. The van der Waals surface area contributed by atoms with Crippen LogP contribution in [-0.2, 0) is 0 Å². The lowest BCUT2D eigenvalue weighted by atomic mass is 10.7. The molecule has 0 aliphatic rings. The molecule has 0 aromatic rings. The van der Waals surface area contributed by atoms with Gasteiger partial charge in [0.25, 0.3) is 0 Å². The monoisotopic (exact) mass is 104 g/mol. The van der Waals surface area contributed by atoms with E-state index in [0.29, 0.717) is 6.54 Å². The summed E-state index contributed by atoms with van der Waals surface area (Å²) in [6.45, 7) is 3.69. The molecule has 0 aromatic heterocycles. The molecule has 0 rings (SSSR count). The summed E-state index contributed by atoms with van der Waals surface area (Å²) in [6, 6.07) is 0. The van der Waals surface area contributed by atoms with Crippen LogP contribution in [0.3, 0.4) is 0 Å². The Labute approximate surface area is 43.7 Å². The molecule has 0 aromatic carbocycles. The lowest BCUT2D eigenvalue weighted by Crippen LogP contribution is -2.33. The third-order valence-electron chi connectivity index (χ3n) is 0.539. The molecule has 0 aliphatic heterocycles. The van der Waals surface area contributed by atoms with Gasteiger partial charge in [0.2, 0.25) is 0 Å². The van der Waals surface area contributed by atoms with Gasteiger partial charge in [0, 0.05) is 13.1 Å². The molecule has 0 fully saturated rings. The van der Waals surface area contributed by atoms with Gasteiger partial charge in [-0.1, -0.05) is 6.92 Å². The van der Waals surface area contributed by atoms with Gasteiger partial charge in [0.15, 0.2) is 0 Å². The predicted octanol–water partition coefficient (Wildman–Crippen LogP) is -0.907. The molecule has 0 unspecified atom stereocenters. The lowest BCUT2D eigenvalue weighted by Gasteiger charge is -1.98. The van der Waals surface area contributed by atoms with Crippen molar-refractivity contribution < 1.29 is 5.11 Å². The normalized spacial score (nSPS) is 9.43. The van der Waals surface area contributed by atoms with Crippen LogP contribution >= 0.6 is 0 Å². The lowest BCUT2D eigenvalue weighted by molar-refractivity contribution is 0.284. The Kier molecular flexibility index (Phi) is 5.78. The molecule has 3 N–H and O–H groups in total. The van der Waals surface area contributed by atoms with E-state index >= 15 is 0 Å². The molecular weight excluding hydrogens is 92.1 g/mol. The molecular formula is C4H12N2O. The number of nitrogens with one attached hydrogen (secondary N) is 2. The first kappa shape index (κ1) is 6.88. The predicted molar refractivity (Wildman–Crippen MR) is 28.8 cm³/mol. The van der Waals surface area contributed by atoms with Crippen molar-refractivity contribution in [2.75, 3.05) is 19.7 Å². The minimum atomic E-state index is 0.188. The minimum absolute atomic E-state index is 0.188. The van der Waals surface area contributed by atoms with E-state index in [1.165, 1.54) is 0 Å². The minimum Gasteiger partial charge on any atom is -0.395 e. The molecule has 0 heterocycles. The number of aliphatic hydroxyl groups is 1. The quantitative estimate of drug-likeness (QED) is 0.320. The van der Waals surface area contributed by atoms with Crippen LogP contribution in [-0.4, -0.2) is 24.8 Å². The Morgan fingerprint density at radius 2 is 2.14 bits per heavy atom. The van der Waals surface area contributed by atoms with Crippen LogP contribution in [0.5, 0.6) is 0 Å². The van der Waals surface area contributed by atoms with Crippen LogP contribution in [0.2, 0.25) is 0 Å². The summed E-state index contributed by atoms with van der Waals surface area (Å²) in [5.41, 5.74) is 5.62. The van der Waals surface area contributed by atoms with Crippen molar-refractivity contribution >= 4 is 0 Å². The van der Waals surface area contributed by atoms with Gasteiger partial charge in [0.05, 0.1) is 6.61 Å². The first-order valence-electron chi connectivity index (χ1n) is 2.48. The molecule has 0 aliphatic carbocycles. The van der Waals surface area contributed by atoms with Crippen molar-refractivity contribution in [2.24, 2.45) is 0 Å². The summed E-state index contributed by atoms with van der Waals surface area (Å²) in [6.07, 6.45) is 0. The third-order valence-corrected chi connectivity index (χ3v) is 0.539. The summed E-state index contributed by atoms with van der Waals surface area (Å²) < 4.78 is 0. The van der Waals surface area contributed by atoms with E-state index in [2.05, 4.69) is 10.9 Å². The molecule has 0 saturated carbocycles. The Morgan fingerprint density at radius 3 is 2.57 bits per heavy atom. The highest BCUT2D eigenvalue weighted by Crippen LogP contribution is 1.48. The zero-order chi connectivity index (χ0) is 5.54. The number of hydrogen-bond acceptors (Lipinski definition) is 3. The number of hydrogen-bond donors (Lipinski definition) is 3. The van der Waals surface area contributed by atoms with Gasteiger partial charge in [-0.25, -0.2) is 0 Å². The zero-order valence-corrected chi connectivity index (χ0v) is 4.57. The van der Waals surface area contributed by atoms with Crippen molar-refractivity contribution in [2.45, 2.75) is 6.92 Å². The maximum Gasteiger partial charge on any atom is 0.0569 e. The fraction of sp³-hybridized carbons (Fsp3) is 1.00. The second kappa shape index (κ2) is 5.88. The maximum absolute atomic E-state index is 8.19. The molecule has 7 heavy (non-hydrogen) atoms. The average molecular weight is 104 g/mol. The summed E-state index contributed by atoms with van der Waals surface area (Å²) in [4.78, 5) is 0. The van der Waals surface area contributed by atoms with Gasteiger partial charge >= 0.3 is 0 Å². The molecule has 3 heteroatoms. The molecule has 0 radical (unpaired) electrons. The Bertz CT molecular complexity index is 28.9. The maximum atomic E-state index is 8.19. The van der Waals surface area contributed by atoms with Crippen LogP contribution in [0.4, 0.5) is 0 Å². The van der Waals surface area contributed by atoms with Gasteiger partial charge in [-0.05, 0) is 0 Å². The Balaban J connectivity index is 2.45. The molecule has 0 amide bonds. The van der Waals surface area contributed by atoms with Crippen molar-refractivity contribution in [3.05, 3.63) is 0 Å². The Hall–Kier alpha value is -0.120. The molecule has 0 spiro atoms. The van der Waals surface area contributed by atoms with Crippen LogP contribution in [0.25, 0.3) is 0 Å². The first-order chi connectivity index (χ1) is 3.41. The highest BCUT2D eigenvalue weighted by atomic mass is 16.3. The van der Waals surface area contributed by atoms with Gasteiger partial charge in [-0.3, -0.25) is 10.9 Å². The number of rotatable bonds is 4. The Morgan fingerprint density at radius 1 is 1.43 bits per heavy atom. The zero-order valence-electron chi connectivity index (χ0n) is 4.57. The highest BCUT2D eigenvalue weighted by Gasteiger charge is 1.75. The third kappa shape index (κ3) is 5.88. The second-order valence-electron chi connectivity index (χ2n) is 1.18. The smallest absolute Gasteiger partial charge is 0.0569 e. The summed E-state index contributed by atoms with van der Waals surface area (Å²) in [5.74, 6) is 0. The van der Waals surface area contributed by atoms with E-state index in [1.807, 2.05) is 6.92 Å². The fourth-order valence-electron chi connectivity index (χ4n) is 0.269. The fourth-order valence-corrected chi connectivity index (χ4v) is 0.269.